The first-order valence-corrected chi connectivity index (χ1v) is 9.82. The minimum absolute atomic E-state index is 0.333. The summed E-state index contributed by atoms with van der Waals surface area (Å²) in [6.45, 7) is 6.48. The molecule has 1 aliphatic rings. The zero-order valence-electron chi connectivity index (χ0n) is 17.2. The second-order valence-corrected chi connectivity index (χ2v) is 7.01. The van der Waals surface area contributed by atoms with E-state index in [9.17, 15) is 14.4 Å². The number of imide groups is 1. The van der Waals surface area contributed by atoms with Crippen LogP contribution in [0.1, 0.15) is 43.1 Å². The molecule has 1 atom stereocenters. The number of amides is 4. The minimum Gasteiger partial charge on any atom is -0.490 e. The molecule has 1 saturated heterocycles. The lowest BCUT2D eigenvalue weighted by atomic mass is 9.92. The Kier molecular flexibility index (Phi) is 6.25. The summed E-state index contributed by atoms with van der Waals surface area (Å²) in [5, 5.41) is 7.66. The summed E-state index contributed by atoms with van der Waals surface area (Å²) in [5.74, 6) is 0.318. The number of benzene rings is 2. The van der Waals surface area contributed by atoms with Gasteiger partial charge in [-0.05, 0) is 56.2 Å². The molecule has 30 heavy (non-hydrogen) atoms. The molecule has 2 aromatic carbocycles. The van der Waals surface area contributed by atoms with Gasteiger partial charge in [0.15, 0.2) is 11.5 Å². The highest BCUT2D eigenvalue weighted by Gasteiger charge is 2.43. The molecule has 0 aliphatic carbocycles. The van der Waals surface area contributed by atoms with Crippen molar-refractivity contribution in [1.29, 1.82) is 0 Å². The number of carbonyl (C=O) groups excluding carboxylic acids is 3. The number of urea groups is 1. The van der Waals surface area contributed by atoms with Gasteiger partial charge in [0.1, 0.15) is 5.54 Å². The van der Waals surface area contributed by atoms with E-state index in [2.05, 4.69) is 16.0 Å². The Balaban J connectivity index is 1.80. The summed E-state index contributed by atoms with van der Waals surface area (Å²) in [6.07, 6.45) is 0.863. The van der Waals surface area contributed by atoms with Crippen LogP contribution in [-0.4, -0.2) is 31.1 Å². The minimum atomic E-state index is -1.20. The number of rotatable bonds is 8. The molecule has 0 radical (unpaired) electrons. The molecular formula is C22H25N3O5. The van der Waals surface area contributed by atoms with Crippen molar-refractivity contribution < 1.29 is 23.9 Å². The number of ether oxygens (including phenoxy) is 2. The van der Waals surface area contributed by atoms with E-state index in [4.69, 9.17) is 9.47 Å². The molecule has 8 heteroatoms. The van der Waals surface area contributed by atoms with Gasteiger partial charge in [0.05, 0.1) is 13.2 Å². The van der Waals surface area contributed by atoms with E-state index < -0.39 is 17.5 Å². The fraction of sp³-hybridized carbons (Fsp3) is 0.318. The predicted octanol–water partition coefficient (Wildman–Crippen LogP) is 3.18. The van der Waals surface area contributed by atoms with Gasteiger partial charge in [0.2, 0.25) is 0 Å². The summed E-state index contributed by atoms with van der Waals surface area (Å²) in [5.41, 5.74) is 0.267. The van der Waals surface area contributed by atoms with Crippen LogP contribution in [0.4, 0.5) is 10.5 Å². The molecule has 1 aliphatic heterocycles. The number of hydrogen-bond acceptors (Lipinski definition) is 5. The molecule has 3 N–H and O–H groups in total. The Morgan fingerprint density at radius 3 is 2.53 bits per heavy atom. The quantitative estimate of drug-likeness (QED) is 0.579. The van der Waals surface area contributed by atoms with Gasteiger partial charge >= 0.3 is 6.03 Å². The monoisotopic (exact) mass is 411 g/mol. The first kappa shape index (κ1) is 21.2. The van der Waals surface area contributed by atoms with Crippen molar-refractivity contribution in [1.82, 2.24) is 10.6 Å². The second-order valence-electron chi connectivity index (χ2n) is 7.01. The lowest BCUT2D eigenvalue weighted by Gasteiger charge is -2.21. The van der Waals surface area contributed by atoms with Crippen molar-refractivity contribution >= 4 is 23.5 Å². The Morgan fingerprint density at radius 1 is 1.07 bits per heavy atom. The topological polar surface area (TPSA) is 106 Å². The number of nitrogens with one attached hydrogen (secondary N) is 3. The van der Waals surface area contributed by atoms with E-state index in [1.165, 1.54) is 0 Å². The third-order valence-corrected chi connectivity index (χ3v) is 4.71. The summed E-state index contributed by atoms with van der Waals surface area (Å²) in [4.78, 5) is 36.5. The molecule has 8 nitrogen and oxygen atoms in total. The Bertz CT molecular complexity index is 975. The highest BCUT2D eigenvalue weighted by Crippen LogP contribution is 2.30. The van der Waals surface area contributed by atoms with Gasteiger partial charge < -0.3 is 20.1 Å². The van der Waals surface area contributed by atoms with Gasteiger partial charge in [-0.15, -0.1) is 0 Å². The highest BCUT2D eigenvalue weighted by molar-refractivity contribution is 6.08. The SMILES string of the molecule is CCCOc1ccc(C(=O)Nc2cccc([C@]3(C)NC(=O)NC3=O)c2)cc1OCC. The van der Waals surface area contributed by atoms with Crippen molar-refractivity contribution in [3.63, 3.8) is 0 Å². The summed E-state index contributed by atoms with van der Waals surface area (Å²) < 4.78 is 11.3. The van der Waals surface area contributed by atoms with Crippen LogP contribution in [0.2, 0.25) is 0 Å². The zero-order valence-corrected chi connectivity index (χ0v) is 17.2. The fourth-order valence-corrected chi connectivity index (χ4v) is 3.11. The normalized spacial score (nSPS) is 17.8. The maximum Gasteiger partial charge on any atom is 0.322 e. The van der Waals surface area contributed by atoms with Crippen molar-refractivity contribution in [2.75, 3.05) is 18.5 Å². The molecule has 4 amide bonds. The first-order valence-electron chi connectivity index (χ1n) is 9.82. The average Bonchev–Trinajstić information content (AvgIpc) is 3.00. The van der Waals surface area contributed by atoms with Gasteiger partial charge in [-0.1, -0.05) is 19.1 Å². The second kappa shape index (κ2) is 8.86. The molecule has 1 heterocycles. The first-order chi connectivity index (χ1) is 14.4. The van der Waals surface area contributed by atoms with Crippen LogP contribution >= 0.6 is 0 Å². The summed E-state index contributed by atoms with van der Waals surface area (Å²) in [6, 6.07) is 11.3. The standard InChI is InChI=1S/C22H25N3O5/c1-4-11-30-17-10-9-14(12-18(17)29-5-2)19(26)23-16-8-6-7-15(13-16)22(3)20(27)24-21(28)25-22/h6-10,12-13H,4-5,11H2,1-3H3,(H,23,26)(H2,24,25,27,28)/t22-/m0/s1. The van der Waals surface area contributed by atoms with Crippen molar-refractivity contribution in [2.24, 2.45) is 0 Å². The largest absolute Gasteiger partial charge is 0.490 e. The van der Waals surface area contributed by atoms with Crippen molar-refractivity contribution in [2.45, 2.75) is 32.7 Å². The third kappa shape index (κ3) is 4.37. The van der Waals surface area contributed by atoms with Crippen LogP contribution in [0.5, 0.6) is 11.5 Å². The predicted molar refractivity (Wildman–Crippen MR) is 112 cm³/mol. The van der Waals surface area contributed by atoms with Crippen LogP contribution in [-0.2, 0) is 10.3 Å². The van der Waals surface area contributed by atoms with Crippen LogP contribution in [0.25, 0.3) is 0 Å². The molecule has 2 aromatic rings. The Hall–Kier alpha value is -3.55. The molecule has 0 saturated carbocycles. The van der Waals surface area contributed by atoms with Gasteiger partial charge in [-0.2, -0.15) is 0 Å². The molecule has 0 unspecified atom stereocenters. The Labute approximate surface area is 174 Å². The maximum absolute atomic E-state index is 12.8. The van der Waals surface area contributed by atoms with Gasteiger partial charge in [-0.25, -0.2) is 4.79 Å². The third-order valence-electron chi connectivity index (χ3n) is 4.71. The van der Waals surface area contributed by atoms with Gasteiger partial charge in [0.25, 0.3) is 11.8 Å². The molecule has 158 valence electrons. The van der Waals surface area contributed by atoms with E-state index in [0.717, 1.165) is 6.42 Å². The molecule has 3 rings (SSSR count). The van der Waals surface area contributed by atoms with Crippen LogP contribution in [0, 0.1) is 0 Å². The highest BCUT2D eigenvalue weighted by atomic mass is 16.5. The summed E-state index contributed by atoms with van der Waals surface area (Å²) >= 11 is 0. The lowest BCUT2D eigenvalue weighted by Crippen LogP contribution is -2.40. The van der Waals surface area contributed by atoms with E-state index >= 15 is 0 Å². The molecule has 0 aromatic heterocycles. The lowest BCUT2D eigenvalue weighted by molar-refractivity contribution is -0.123. The van der Waals surface area contributed by atoms with E-state index in [-0.39, 0.29) is 5.91 Å². The maximum atomic E-state index is 12.8. The van der Waals surface area contributed by atoms with E-state index in [1.807, 2.05) is 13.8 Å². The van der Waals surface area contributed by atoms with Crippen LogP contribution < -0.4 is 25.4 Å². The van der Waals surface area contributed by atoms with E-state index in [1.54, 1.807) is 49.4 Å². The molecular weight excluding hydrogens is 386 g/mol. The molecule has 0 bridgehead atoms. The van der Waals surface area contributed by atoms with Crippen LogP contribution in [0.15, 0.2) is 42.5 Å². The number of hydrogen-bond donors (Lipinski definition) is 3. The smallest absolute Gasteiger partial charge is 0.322 e. The summed E-state index contributed by atoms with van der Waals surface area (Å²) in [7, 11) is 0. The van der Waals surface area contributed by atoms with Crippen LogP contribution in [0.3, 0.4) is 0 Å². The van der Waals surface area contributed by atoms with Gasteiger partial charge in [-0.3, -0.25) is 14.9 Å². The van der Waals surface area contributed by atoms with Crippen molar-refractivity contribution in [3.8, 4) is 11.5 Å². The van der Waals surface area contributed by atoms with E-state index in [0.29, 0.717) is 41.5 Å². The number of carbonyl (C=O) groups is 3. The zero-order chi connectivity index (χ0) is 21.7. The average molecular weight is 411 g/mol. The van der Waals surface area contributed by atoms with Gasteiger partial charge in [0, 0.05) is 11.3 Å². The fourth-order valence-electron chi connectivity index (χ4n) is 3.11. The molecule has 0 spiro atoms. The Morgan fingerprint density at radius 2 is 1.87 bits per heavy atom. The van der Waals surface area contributed by atoms with Crippen molar-refractivity contribution in [3.05, 3.63) is 53.6 Å². The molecule has 1 fully saturated rings. The number of anilines is 1.